The number of halogens is 2. The Hall–Kier alpha value is -1.20. The lowest BCUT2D eigenvalue weighted by Gasteiger charge is -2.23. The summed E-state index contributed by atoms with van der Waals surface area (Å²) in [6.45, 7) is 0.925. The van der Waals surface area contributed by atoms with Gasteiger partial charge in [-0.15, -0.1) is 0 Å². The van der Waals surface area contributed by atoms with Crippen LogP contribution in [0.2, 0.25) is 0 Å². The number of hydrogen-bond donors (Lipinski definition) is 3. The summed E-state index contributed by atoms with van der Waals surface area (Å²) in [4.78, 5) is 0. The SMILES string of the molecule is CC(N)(CO)c1cc(F)c(N)cc1F. The summed E-state index contributed by atoms with van der Waals surface area (Å²) < 4.78 is 26.3. The molecule has 0 radical (unpaired) electrons. The molecule has 0 fully saturated rings. The summed E-state index contributed by atoms with van der Waals surface area (Å²) in [7, 11) is 0. The zero-order chi connectivity index (χ0) is 10.9. The van der Waals surface area contributed by atoms with E-state index >= 15 is 0 Å². The van der Waals surface area contributed by atoms with Gasteiger partial charge in [-0.2, -0.15) is 0 Å². The first kappa shape index (κ1) is 10.9. The van der Waals surface area contributed by atoms with Crippen molar-refractivity contribution in [2.75, 3.05) is 12.3 Å². The Morgan fingerprint density at radius 3 is 2.43 bits per heavy atom. The van der Waals surface area contributed by atoms with Gasteiger partial charge in [0.2, 0.25) is 0 Å². The molecule has 0 aliphatic heterocycles. The molecule has 1 atom stereocenters. The summed E-state index contributed by atoms with van der Waals surface area (Å²) in [5.41, 5.74) is 9.04. The van der Waals surface area contributed by atoms with Crippen molar-refractivity contribution in [1.29, 1.82) is 0 Å². The predicted octanol–water partition coefficient (Wildman–Crippen LogP) is 0.713. The standard InChI is InChI=1S/C9H12F2N2O/c1-9(13,4-14)5-2-7(11)8(12)3-6(5)10/h2-3,14H,4,12-13H2,1H3. The van der Waals surface area contributed by atoms with Gasteiger partial charge in [0.25, 0.3) is 0 Å². The second kappa shape index (κ2) is 3.51. The van der Waals surface area contributed by atoms with Gasteiger partial charge in [-0.25, -0.2) is 8.78 Å². The smallest absolute Gasteiger partial charge is 0.146 e. The van der Waals surface area contributed by atoms with Gasteiger partial charge in [0.15, 0.2) is 0 Å². The van der Waals surface area contributed by atoms with Crippen molar-refractivity contribution in [1.82, 2.24) is 0 Å². The first-order valence-corrected chi connectivity index (χ1v) is 4.03. The van der Waals surface area contributed by atoms with Crippen LogP contribution < -0.4 is 11.5 Å². The summed E-state index contributed by atoms with van der Waals surface area (Å²) in [6, 6.07) is 1.76. The Bertz CT molecular complexity index is 353. The number of aliphatic hydroxyl groups excluding tert-OH is 1. The minimum absolute atomic E-state index is 0.0910. The number of nitrogen functional groups attached to an aromatic ring is 1. The molecule has 0 saturated heterocycles. The van der Waals surface area contributed by atoms with Gasteiger partial charge in [0, 0.05) is 11.6 Å². The Balaban J connectivity index is 3.29. The third kappa shape index (κ3) is 1.83. The Kier molecular flexibility index (Phi) is 2.73. The maximum Gasteiger partial charge on any atom is 0.146 e. The highest BCUT2D eigenvalue weighted by atomic mass is 19.1. The Morgan fingerprint density at radius 1 is 1.36 bits per heavy atom. The number of rotatable bonds is 2. The van der Waals surface area contributed by atoms with Crippen molar-refractivity contribution in [3.05, 3.63) is 29.3 Å². The molecule has 0 aliphatic rings. The van der Waals surface area contributed by atoms with Gasteiger partial charge >= 0.3 is 0 Å². The molecule has 5 N–H and O–H groups in total. The van der Waals surface area contributed by atoms with Crippen LogP contribution in [-0.2, 0) is 5.54 Å². The van der Waals surface area contributed by atoms with Gasteiger partial charge < -0.3 is 16.6 Å². The zero-order valence-electron chi connectivity index (χ0n) is 7.72. The lowest BCUT2D eigenvalue weighted by molar-refractivity contribution is 0.206. The third-order valence-corrected chi connectivity index (χ3v) is 2.03. The van der Waals surface area contributed by atoms with E-state index in [0.29, 0.717) is 0 Å². The number of nitrogens with two attached hydrogens (primary N) is 2. The minimum atomic E-state index is -1.31. The fourth-order valence-corrected chi connectivity index (χ4v) is 1.09. The lowest BCUT2D eigenvalue weighted by atomic mass is 9.93. The highest BCUT2D eigenvalue weighted by Crippen LogP contribution is 2.24. The van der Waals surface area contributed by atoms with Crippen molar-refractivity contribution < 1.29 is 13.9 Å². The fraction of sp³-hybridized carbons (Fsp3) is 0.333. The van der Waals surface area contributed by atoms with Gasteiger partial charge in [-0.1, -0.05) is 0 Å². The summed E-state index contributed by atoms with van der Waals surface area (Å²) in [6.07, 6.45) is 0. The quantitative estimate of drug-likeness (QED) is 0.618. The van der Waals surface area contributed by atoms with Crippen LogP contribution in [0.25, 0.3) is 0 Å². The number of hydrogen-bond acceptors (Lipinski definition) is 3. The predicted molar refractivity (Wildman–Crippen MR) is 49.4 cm³/mol. The summed E-state index contributed by atoms with van der Waals surface area (Å²) in [5, 5.41) is 8.89. The molecule has 14 heavy (non-hydrogen) atoms. The van der Waals surface area contributed by atoms with Gasteiger partial charge in [-0.3, -0.25) is 0 Å². The zero-order valence-corrected chi connectivity index (χ0v) is 7.72. The number of benzene rings is 1. The molecule has 0 saturated carbocycles. The van der Waals surface area contributed by atoms with Crippen LogP contribution >= 0.6 is 0 Å². The van der Waals surface area contributed by atoms with Crippen molar-refractivity contribution in [3.63, 3.8) is 0 Å². The molecule has 1 rings (SSSR count). The van der Waals surface area contributed by atoms with Crippen LogP contribution in [0.1, 0.15) is 12.5 Å². The van der Waals surface area contributed by atoms with E-state index in [1.807, 2.05) is 0 Å². The second-order valence-electron chi connectivity index (χ2n) is 3.43. The molecule has 0 bridgehead atoms. The normalized spacial score (nSPS) is 15.2. The van der Waals surface area contributed by atoms with E-state index in [1.165, 1.54) is 6.92 Å². The first-order chi connectivity index (χ1) is 6.38. The maximum absolute atomic E-state index is 13.3. The molecule has 5 heteroatoms. The molecule has 3 nitrogen and oxygen atoms in total. The van der Waals surface area contributed by atoms with E-state index in [0.717, 1.165) is 12.1 Å². The van der Waals surface area contributed by atoms with E-state index in [-0.39, 0.29) is 11.3 Å². The maximum atomic E-state index is 13.3. The molecule has 0 heterocycles. The van der Waals surface area contributed by atoms with Crippen LogP contribution in [0.4, 0.5) is 14.5 Å². The largest absolute Gasteiger partial charge is 0.396 e. The van der Waals surface area contributed by atoms with Crippen LogP contribution in [0.15, 0.2) is 12.1 Å². The Labute approximate surface area is 80.3 Å². The fourth-order valence-electron chi connectivity index (χ4n) is 1.09. The molecule has 0 aliphatic carbocycles. The van der Waals surface area contributed by atoms with E-state index in [1.54, 1.807) is 0 Å². The molecule has 1 aromatic rings. The number of anilines is 1. The van der Waals surface area contributed by atoms with Gasteiger partial charge in [0.1, 0.15) is 11.6 Å². The third-order valence-electron chi connectivity index (χ3n) is 2.03. The van der Waals surface area contributed by atoms with Crippen molar-refractivity contribution in [3.8, 4) is 0 Å². The van der Waals surface area contributed by atoms with E-state index in [2.05, 4.69) is 0 Å². The second-order valence-corrected chi connectivity index (χ2v) is 3.43. The average Bonchev–Trinajstić information content (AvgIpc) is 2.11. The molecule has 78 valence electrons. The minimum Gasteiger partial charge on any atom is -0.396 e. The molecule has 1 unspecified atom stereocenters. The van der Waals surface area contributed by atoms with Crippen molar-refractivity contribution in [2.24, 2.45) is 5.73 Å². The summed E-state index contributed by atoms with van der Waals surface area (Å²) in [5.74, 6) is -1.46. The van der Waals surface area contributed by atoms with Crippen LogP contribution in [0.5, 0.6) is 0 Å². The first-order valence-electron chi connectivity index (χ1n) is 4.03. The van der Waals surface area contributed by atoms with Gasteiger partial charge in [-0.05, 0) is 13.0 Å². The molecular weight excluding hydrogens is 190 g/mol. The molecule has 1 aromatic carbocycles. The van der Waals surface area contributed by atoms with Gasteiger partial charge in [0.05, 0.1) is 17.8 Å². The van der Waals surface area contributed by atoms with Crippen LogP contribution in [0.3, 0.4) is 0 Å². The highest BCUT2D eigenvalue weighted by Gasteiger charge is 2.25. The van der Waals surface area contributed by atoms with Crippen LogP contribution in [0, 0.1) is 11.6 Å². The topological polar surface area (TPSA) is 72.3 Å². The number of aliphatic hydroxyl groups is 1. The van der Waals surface area contributed by atoms with E-state index in [4.69, 9.17) is 16.6 Å². The summed E-state index contributed by atoms with van der Waals surface area (Å²) >= 11 is 0. The van der Waals surface area contributed by atoms with Crippen molar-refractivity contribution in [2.45, 2.75) is 12.5 Å². The Morgan fingerprint density at radius 2 is 1.93 bits per heavy atom. The monoisotopic (exact) mass is 202 g/mol. The molecule has 0 spiro atoms. The average molecular weight is 202 g/mol. The van der Waals surface area contributed by atoms with Crippen molar-refractivity contribution >= 4 is 5.69 Å². The molecule has 0 amide bonds. The molecule has 0 aromatic heterocycles. The van der Waals surface area contributed by atoms with E-state index in [9.17, 15) is 8.78 Å². The molecular formula is C9H12F2N2O. The highest BCUT2D eigenvalue weighted by molar-refractivity contribution is 5.44. The lowest BCUT2D eigenvalue weighted by Crippen LogP contribution is -2.38. The van der Waals surface area contributed by atoms with Crippen LogP contribution in [-0.4, -0.2) is 11.7 Å². The van der Waals surface area contributed by atoms with E-state index < -0.39 is 23.8 Å².